The smallest absolute Gasteiger partial charge is 0.232 e. The molecule has 2 aromatic rings. The SMILES string of the molecule is COc1c(C)c(C)c2cc(C)c(C)c(OC)c(=O)c2c1OC. The fraction of sp³-hybridized carbons (Fsp3) is 0.389. The number of aryl methyl sites for hydroxylation is 2. The van der Waals surface area contributed by atoms with E-state index in [0.717, 1.165) is 27.6 Å². The van der Waals surface area contributed by atoms with Crippen LogP contribution in [0, 0.1) is 27.7 Å². The molecule has 22 heavy (non-hydrogen) atoms. The van der Waals surface area contributed by atoms with Crippen LogP contribution in [0.2, 0.25) is 0 Å². The summed E-state index contributed by atoms with van der Waals surface area (Å²) in [6.45, 7) is 7.82. The lowest BCUT2D eigenvalue weighted by Gasteiger charge is -2.15. The largest absolute Gasteiger partial charge is 0.493 e. The van der Waals surface area contributed by atoms with Gasteiger partial charge in [0, 0.05) is 0 Å². The van der Waals surface area contributed by atoms with Gasteiger partial charge in [0.25, 0.3) is 0 Å². The maximum absolute atomic E-state index is 13.0. The van der Waals surface area contributed by atoms with Crippen LogP contribution in [0.15, 0.2) is 10.9 Å². The molecule has 0 amide bonds. The second kappa shape index (κ2) is 5.87. The lowest BCUT2D eigenvalue weighted by Crippen LogP contribution is -2.08. The monoisotopic (exact) mass is 302 g/mol. The van der Waals surface area contributed by atoms with E-state index >= 15 is 0 Å². The van der Waals surface area contributed by atoms with Gasteiger partial charge < -0.3 is 14.2 Å². The molecule has 0 aliphatic carbocycles. The molecule has 0 atom stereocenters. The predicted octanol–water partition coefficient (Wildman–Crippen LogP) is 3.46. The second-order valence-electron chi connectivity index (χ2n) is 5.42. The maximum atomic E-state index is 13.0. The van der Waals surface area contributed by atoms with Crippen molar-refractivity contribution < 1.29 is 14.2 Å². The zero-order valence-electron chi connectivity index (χ0n) is 14.2. The Kier molecular flexibility index (Phi) is 4.31. The van der Waals surface area contributed by atoms with Crippen molar-refractivity contribution in [2.75, 3.05) is 21.3 Å². The molecular formula is C18H22O4. The normalized spacial score (nSPS) is 10.7. The summed E-state index contributed by atoms with van der Waals surface area (Å²) >= 11 is 0. The summed E-state index contributed by atoms with van der Waals surface area (Å²) in [6.07, 6.45) is 0. The summed E-state index contributed by atoms with van der Waals surface area (Å²) in [6, 6.07) is 2.01. The average Bonchev–Trinajstić information content (AvgIpc) is 2.59. The van der Waals surface area contributed by atoms with Gasteiger partial charge in [0.15, 0.2) is 17.2 Å². The fourth-order valence-corrected chi connectivity index (χ4v) is 2.85. The topological polar surface area (TPSA) is 44.8 Å². The van der Waals surface area contributed by atoms with Gasteiger partial charge in [0.1, 0.15) is 0 Å². The number of benzene rings is 1. The van der Waals surface area contributed by atoms with Gasteiger partial charge in [-0.25, -0.2) is 0 Å². The van der Waals surface area contributed by atoms with Gasteiger partial charge in [-0.3, -0.25) is 4.79 Å². The van der Waals surface area contributed by atoms with Crippen molar-refractivity contribution >= 4 is 10.8 Å². The van der Waals surface area contributed by atoms with Crippen LogP contribution in [0.1, 0.15) is 22.3 Å². The van der Waals surface area contributed by atoms with Crippen LogP contribution >= 0.6 is 0 Å². The van der Waals surface area contributed by atoms with Crippen molar-refractivity contribution in [1.29, 1.82) is 0 Å². The van der Waals surface area contributed by atoms with Crippen LogP contribution in [-0.2, 0) is 0 Å². The minimum Gasteiger partial charge on any atom is -0.493 e. The number of rotatable bonds is 3. The van der Waals surface area contributed by atoms with E-state index in [2.05, 4.69) is 0 Å². The van der Waals surface area contributed by atoms with Gasteiger partial charge in [-0.1, -0.05) is 6.07 Å². The molecule has 0 aliphatic rings. The number of fused-ring (bicyclic) bond motifs is 1. The molecule has 0 fully saturated rings. The summed E-state index contributed by atoms with van der Waals surface area (Å²) in [5, 5.41) is 1.36. The number of hydrogen-bond donors (Lipinski definition) is 0. The Bertz CT molecular complexity index is 807. The molecule has 0 radical (unpaired) electrons. The second-order valence-corrected chi connectivity index (χ2v) is 5.42. The molecule has 2 aromatic carbocycles. The van der Waals surface area contributed by atoms with E-state index in [1.54, 1.807) is 14.2 Å². The molecule has 0 bridgehead atoms. The van der Waals surface area contributed by atoms with Gasteiger partial charge >= 0.3 is 0 Å². The van der Waals surface area contributed by atoms with E-state index in [9.17, 15) is 4.79 Å². The summed E-state index contributed by atoms with van der Waals surface area (Å²) in [4.78, 5) is 13.0. The number of methoxy groups -OCH3 is 3. The molecule has 0 N–H and O–H groups in total. The lowest BCUT2D eigenvalue weighted by molar-refractivity contribution is 0.356. The van der Waals surface area contributed by atoms with E-state index in [1.165, 1.54) is 7.11 Å². The van der Waals surface area contributed by atoms with Crippen LogP contribution in [-0.4, -0.2) is 21.3 Å². The predicted molar refractivity (Wildman–Crippen MR) is 88.8 cm³/mol. The van der Waals surface area contributed by atoms with Gasteiger partial charge in [-0.15, -0.1) is 0 Å². The average molecular weight is 302 g/mol. The molecule has 0 aromatic heterocycles. The molecule has 118 valence electrons. The maximum Gasteiger partial charge on any atom is 0.232 e. The summed E-state index contributed by atoms with van der Waals surface area (Å²) in [5.74, 6) is 1.39. The van der Waals surface area contributed by atoms with Gasteiger partial charge in [0.2, 0.25) is 5.43 Å². The Morgan fingerprint density at radius 1 is 0.727 bits per heavy atom. The first-order valence-corrected chi connectivity index (χ1v) is 7.12. The van der Waals surface area contributed by atoms with Crippen molar-refractivity contribution in [2.24, 2.45) is 0 Å². The Hall–Kier alpha value is -2.23. The first-order chi connectivity index (χ1) is 10.4. The molecule has 0 aliphatic heterocycles. The third-order valence-electron chi connectivity index (χ3n) is 4.35. The summed E-state index contributed by atoms with van der Waals surface area (Å²) in [7, 11) is 4.64. The van der Waals surface area contributed by atoms with E-state index in [-0.39, 0.29) is 5.43 Å². The highest BCUT2D eigenvalue weighted by molar-refractivity contribution is 5.95. The van der Waals surface area contributed by atoms with E-state index < -0.39 is 0 Å². The van der Waals surface area contributed by atoms with Crippen LogP contribution < -0.4 is 19.6 Å². The van der Waals surface area contributed by atoms with Crippen molar-refractivity contribution in [3.63, 3.8) is 0 Å². The van der Waals surface area contributed by atoms with Crippen LogP contribution in [0.4, 0.5) is 0 Å². The zero-order valence-corrected chi connectivity index (χ0v) is 14.2. The van der Waals surface area contributed by atoms with Crippen molar-refractivity contribution in [3.05, 3.63) is 38.5 Å². The van der Waals surface area contributed by atoms with Crippen molar-refractivity contribution in [3.8, 4) is 17.2 Å². The summed E-state index contributed by atoms with van der Waals surface area (Å²) in [5.41, 5.74) is 3.63. The van der Waals surface area contributed by atoms with Gasteiger partial charge in [0.05, 0.1) is 26.7 Å². The fourth-order valence-electron chi connectivity index (χ4n) is 2.85. The highest BCUT2D eigenvalue weighted by Crippen LogP contribution is 2.40. The van der Waals surface area contributed by atoms with E-state index in [1.807, 2.05) is 33.8 Å². The van der Waals surface area contributed by atoms with Crippen LogP contribution in [0.3, 0.4) is 0 Å². The molecule has 2 rings (SSSR count). The molecule has 0 saturated heterocycles. The third kappa shape index (κ3) is 2.19. The van der Waals surface area contributed by atoms with Crippen molar-refractivity contribution in [1.82, 2.24) is 0 Å². The summed E-state index contributed by atoms with van der Waals surface area (Å²) < 4.78 is 16.3. The molecular weight excluding hydrogens is 280 g/mol. The number of hydrogen-bond acceptors (Lipinski definition) is 4. The molecule has 0 unspecified atom stereocenters. The zero-order chi connectivity index (χ0) is 16.6. The molecule has 0 saturated carbocycles. The molecule has 4 heteroatoms. The Morgan fingerprint density at radius 3 is 1.77 bits per heavy atom. The van der Waals surface area contributed by atoms with Gasteiger partial charge in [-0.2, -0.15) is 0 Å². The van der Waals surface area contributed by atoms with Gasteiger partial charge in [-0.05, 0) is 55.3 Å². The number of ether oxygens (including phenoxy) is 3. The lowest BCUT2D eigenvalue weighted by atomic mass is 9.99. The quantitative estimate of drug-likeness (QED) is 0.871. The van der Waals surface area contributed by atoms with Crippen molar-refractivity contribution in [2.45, 2.75) is 27.7 Å². The highest BCUT2D eigenvalue weighted by atomic mass is 16.5. The van der Waals surface area contributed by atoms with Crippen LogP contribution in [0.25, 0.3) is 10.8 Å². The highest BCUT2D eigenvalue weighted by Gasteiger charge is 2.21. The Morgan fingerprint density at radius 2 is 1.27 bits per heavy atom. The van der Waals surface area contributed by atoms with Crippen LogP contribution in [0.5, 0.6) is 17.2 Å². The molecule has 0 heterocycles. The minimum atomic E-state index is -0.179. The Balaban J connectivity index is 3.26. The standard InChI is InChI=1S/C18H22O4/c1-9-8-13-11(3)12(4)17(21-6)18(22-7)14(13)15(19)16(20-5)10(9)2/h8H,1-7H3. The molecule has 4 nitrogen and oxygen atoms in total. The third-order valence-corrected chi connectivity index (χ3v) is 4.35. The minimum absolute atomic E-state index is 0.179. The molecule has 0 spiro atoms. The first-order valence-electron chi connectivity index (χ1n) is 7.12. The Labute approximate surface area is 130 Å². The van der Waals surface area contributed by atoms with E-state index in [4.69, 9.17) is 14.2 Å². The first kappa shape index (κ1) is 16.1. The van der Waals surface area contributed by atoms with E-state index in [0.29, 0.717) is 22.6 Å².